The van der Waals surface area contributed by atoms with Crippen molar-refractivity contribution < 1.29 is 12.6 Å². The quantitative estimate of drug-likeness (QED) is 0.736. The third-order valence-corrected chi connectivity index (χ3v) is 3.73. The Morgan fingerprint density at radius 2 is 1.55 bits per heavy atom. The van der Waals surface area contributed by atoms with Crippen LogP contribution in [0.2, 0.25) is 0 Å². The maximum Gasteiger partial charge on any atom is 0.257 e. The Morgan fingerprint density at radius 1 is 0.864 bits per heavy atom. The highest BCUT2D eigenvalue weighted by Gasteiger charge is 2.06. The number of benzene rings is 2. The summed E-state index contributed by atoms with van der Waals surface area (Å²) in [6.45, 7) is 0.0677. The smallest absolute Gasteiger partial charge is 0.257 e. The van der Waals surface area contributed by atoms with E-state index in [-0.39, 0.29) is 6.61 Å². The lowest BCUT2D eigenvalue weighted by atomic mass is 10.0. The first kappa shape index (κ1) is 14.6. The van der Waals surface area contributed by atoms with Crippen LogP contribution in [0, 0.1) is 0 Å². The van der Waals surface area contributed by atoms with Gasteiger partial charge in [-0.15, -0.1) is 0 Å². The van der Waals surface area contributed by atoms with E-state index in [0.717, 1.165) is 22.4 Å². The first-order valence-electron chi connectivity index (χ1n) is 6.83. The molecule has 0 unspecified atom stereocenters. The van der Waals surface area contributed by atoms with Crippen LogP contribution in [0.25, 0.3) is 16.8 Å². The molecule has 0 aliphatic carbocycles. The molecule has 3 aromatic rings. The van der Waals surface area contributed by atoms with Crippen molar-refractivity contribution in [1.82, 2.24) is 4.57 Å². The fourth-order valence-corrected chi connectivity index (χ4v) is 2.60. The summed E-state index contributed by atoms with van der Waals surface area (Å²) in [5.74, 6) is 0. The number of hydrogen-bond donors (Lipinski definition) is 1. The van der Waals surface area contributed by atoms with Gasteiger partial charge in [0.1, 0.15) is 0 Å². The standard InChI is InChI=1S/C17H15NO3S/c19-22(20)21-13-14-7-9-15(10-8-14)16-5-1-2-6-17(16)18-11-3-4-12-18/h1-12,22H,13H2. The topological polar surface area (TPSA) is 48.3 Å². The highest BCUT2D eigenvalue weighted by Crippen LogP contribution is 2.27. The lowest BCUT2D eigenvalue weighted by molar-refractivity contribution is 0.323. The molecule has 0 saturated carbocycles. The van der Waals surface area contributed by atoms with Crippen molar-refractivity contribution in [1.29, 1.82) is 0 Å². The molecule has 0 amide bonds. The van der Waals surface area contributed by atoms with Gasteiger partial charge in [0, 0.05) is 18.0 Å². The number of thiol groups is 1. The van der Waals surface area contributed by atoms with Gasteiger partial charge in [0.2, 0.25) is 0 Å². The second-order valence-corrected chi connectivity index (χ2v) is 5.51. The van der Waals surface area contributed by atoms with Crippen LogP contribution in [0.4, 0.5) is 0 Å². The lowest BCUT2D eigenvalue weighted by Gasteiger charge is -2.11. The van der Waals surface area contributed by atoms with Gasteiger partial charge in [-0.1, -0.05) is 42.5 Å². The minimum absolute atomic E-state index is 0.0677. The average molecular weight is 313 g/mol. The molecule has 22 heavy (non-hydrogen) atoms. The summed E-state index contributed by atoms with van der Waals surface area (Å²) in [6, 6.07) is 19.8. The largest absolute Gasteiger partial charge is 0.323 e. The highest BCUT2D eigenvalue weighted by molar-refractivity contribution is 7.67. The molecular formula is C17H15NO3S. The van der Waals surface area contributed by atoms with Crippen molar-refractivity contribution in [2.75, 3.05) is 0 Å². The normalized spacial score (nSPS) is 11.0. The lowest BCUT2D eigenvalue weighted by Crippen LogP contribution is -1.94. The number of aromatic nitrogens is 1. The van der Waals surface area contributed by atoms with Crippen LogP contribution in [0.3, 0.4) is 0 Å². The molecule has 112 valence electrons. The molecule has 1 heterocycles. The summed E-state index contributed by atoms with van der Waals surface area (Å²) in [6.07, 6.45) is 4.01. The van der Waals surface area contributed by atoms with Gasteiger partial charge in [-0.2, -0.15) is 0 Å². The second-order valence-electron chi connectivity index (χ2n) is 4.80. The van der Waals surface area contributed by atoms with Crippen LogP contribution < -0.4 is 0 Å². The van der Waals surface area contributed by atoms with Gasteiger partial charge in [0.15, 0.2) is 0 Å². The average Bonchev–Trinajstić information content (AvgIpc) is 3.08. The molecule has 0 aliphatic heterocycles. The molecule has 4 nitrogen and oxygen atoms in total. The van der Waals surface area contributed by atoms with Gasteiger partial charge in [-0.3, -0.25) is 4.18 Å². The molecule has 3 rings (SSSR count). The molecule has 5 heteroatoms. The molecular weight excluding hydrogens is 298 g/mol. The molecule has 0 saturated heterocycles. The molecule has 2 aromatic carbocycles. The predicted octanol–water partition coefficient (Wildman–Crippen LogP) is 3.19. The van der Waals surface area contributed by atoms with Gasteiger partial charge < -0.3 is 4.57 Å². The molecule has 0 fully saturated rings. The monoisotopic (exact) mass is 313 g/mol. The Hall–Kier alpha value is -2.37. The number of rotatable bonds is 5. The van der Waals surface area contributed by atoms with E-state index < -0.39 is 11.0 Å². The van der Waals surface area contributed by atoms with Gasteiger partial charge in [-0.05, 0) is 29.3 Å². The summed E-state index contributed by atoms with van der Waals surface area (Å²) >= 11 is 0. The summed E-state index contributed by atoms with van der Waals surface area (Å²) < 4.78 is 27.6. The van der Waals surface area contributed by atoms with E-state index in [4.69, 9.17) is 0 Å². The fourth-order valence-electron chi connectivity index (χ4n) is 2.35. The van der Waals surface area contributed by atoms with Crippen molar-refractivity contribution >= 4 is 11.0 Å². The first-order valence-corrected chi connectivity index (χ1v) is 7.92. The third kappa shape index (κ3) is 3.27. The van der Waals surface area contributed by atoms with E-state index in [1.54, 1.807) is 0 Å². The molecule has 0 atom stereocenters. The van der Waals surface area contributed by atoms with Crippen LogP contribution in [0.15, 0.2) is 73.1 Å². The zero-order valence-electron chi connectivity index (χ0n) is 11.8. The van der Waals surface area contributed by atoms with Crippen molar-refractivity contribution in [3.8, 4) is 16.8 Å². The van der Waals surface area contributed by atoms with E-state index in [9.17, 15) is 8.42 Å². The van der Waals surface area contributed by atoms with E-state index in [0.29, 0.717) is 0 Å². The van der Waals surface area contributed by atoms with E-state index in [2.05, 4.69) is 20.9 Å². The van der Waals surface area contributed by atoms with Crippen molar-refractivity contribution in [3.63, 3.8) is 0 Å². The summed E-state index contributed by atoms with van der Waals surface area (Å²) in [5, 5.41) is 0. The SMILES string of the molecule is O=[SH](=O)OCc1ccc(-c2ccccc2-n2cccc2)cc1. The maximum absolute atomic E-state index is 10.4. The minimum atomic E-state index is -2.81. The molecule has 0 bridgehead atoms. The van der Waals surface area contributed by atoms with E-state index >= 15 is 0 Å². The van der Waals surface area contributed by atoms with E-state index in [1.807, 2.05) is 60.9 Å². The number of nitrogens with zero attached hydrogens (tertiary/aromatic N) is 1. The summed E-state index contributed by atoms with van der Waals surface area (Å²) in [4.78, 5) is 0. The Bertz CT molecular complexity index is 813. The maximum atomic E-state index is 10.4. The first-order chi connectivity index (χ1) is 10.7. The Morgan fingerprint density at radius 3 is 2.23 bits per heavy atom. The molecule has 0 spiro atoms. The Labute approximate surface area is 130 Å². The zero-order chi connectivity index (χ0) is 15.4. The van der Waals surface area contributed by atoms with Crippen LogP contribution in [-0.4, -0.2) is 13.0 Å². The van der Waals surface area contributed by atoms with Gasteiger partial charge in [-0.25, -0.2) is 8.42 Å². The number of hydrogen-bond acceptors (Lipinski definition) is 3. The molecule has 0 aliphatic rings. The summed E-state index contributed by atoms with van der Waals surface area (Å²) in [5.41, 5.74) is 4.10. The fraction of sp³-hybridized carbons (Fsp3) is 0.0588. The molecule has 0 radical (unpaired) electrons. The van der Waals surface area contributed by atoms with Crippen LogP contribution in [0.5, 0.6) is 0 Å². The van der Waals surface area contributed by atoms with E-state index in [1.165, 1.54) is 0 Å². The van der Waals surface area contributed by atoms with Crippen molar-refractivity contribution in [3.05, 3.63) is 78.6 Å². The number of para-hydroxylation sites is 1. The highest BCUT2D eigenvalue weighted by atomic mass is 32.2. The van der Waals surface area contributed by atoms with Crippen molar-refractivity contribution in [2.24, 2.45) is 0 Å². The summed E-state index contributed by atoms with van der Waals surface area (Å²) in [7, 11) is -2.81. The predicted molar refractivity (Wildman–Crippen MR) is 86.3 cm³/mol. The molecule has 1 aromatic heterocycles. The van der Waals surface area contributed by atoms with Crippen LogP contribution in [-0.2, 0) is 21.8 Å². The molecule has 0 N–H and O–H groups in total. The Kier molecular flexibility index (Phi) is 4.37. The second kappa shape index (κ2) is 6.60. The van der Waals surface area contributed by atoms with Gasteiger partial charge in [0.25, 0.3) is 11.0 Å². The third-order valence-electron chi connectivity index (χ3n) is 3.39. The van der Waals surface area contributed by atoms with Crippen LogP contribution in [0.1, 0.15) is 5.56 Å². The zero-order valence-corrected chi connectivity index (χ0v) is 12.6. The Balaban J connectivity index is 1.92. The minimum Gasteiger partial charge on any atom is -0.323 e. The van der Waals surface area contributed by atoms with Gasteiger partial charge in [0.05, 0.1) is 12.3 Å². The van der Waals surface area contributed by atoms with Crippen LogP contribution >= 0.6 is 0 Å². The van der Waals surface area contributed by atoms with Crippen molar-refractivity contribution in [2.45, 2.75) is 6.61 Å². The van der Waals surface area contributed by atoms with Gasteiger partial charge >= 0.3 is 0 Å².